The zero-order valence-electron chi connectivity index (χ0n) is 8.76. The van der Waals surface area contributed by atoms with Crippen LogP contribution in [0.2, 0.25) is 0 Å². The van der Waals surface area contributed by atoms with Gasteiger partial charge < -0.3 is 10.5 Å². The smallest absolute Gasteiger partial charge is 0.380 e. The van der Waals surface area contributed by atoms with Crippen LogP contribution in [0.1, 0.15) is 13.3 Å². The molecule has 1 aliphatic rings. The van der Waals surface area contributed by atoms with E-state index >= 15 is 0 Å². The summed E-state index contributed by atoms with van der Waals surface area (Å²) >= 11 is 0. The first-order valence-electron chi connectivity index (χ1n) is 5.08. The third-order valence-corrected chi connectivity index (χ3v) is 2.64. The molecule has 1 aliphatic heterocycles. The van der Waals surface area contributed by atoms with Crippen molar-refractivity contribution in [3.8, 4) is 0 Å². The minimum Gasteiger partial charge on any atom is -0.380 e. The Labute approximate surface area is 87.4 Å². The van der Waals surface area contributed by atoms with Crippen molar-refractivity contribution in [3.63, 3.8) is 0 Å². The summed E-state index contributed by atoms with van der Waals surface area (Å²) in [6.07, 6.45) is -3.55. The molecule has 1 saturated heterocycles. The van der Waals surface area contributed by atoms with Crippen molar-refractivity contribution in [2.75, 3.05) is 26.3 Å². The average Bonchev–Trinajstić information content (AvgIpc) is 2.14. The molecule has 2 N–H and O–H groups in total. The molecule has 0 aromatic rings. The van der Waals surface area contributed by atoms with E-state index in [1.165, 1.54) is 4.90 Å². The number of likely N-dealkylation sites (N-methyl/N-ethyl adjacent to an activating group) is 1. The van der Waals surface area contributed by atoms with Crippen LogP contribution >= 0.6 is 0 Å². The summed E-state index contributed by atoms with van der Waals surface area (Å²) in [5.74, 6) is 0. The SMILES string of the molecule is CCN(CC(F)(F)F)C1COCCC1N. The summed E-state index contributed by atoms with van der Waals surface area (Å²) in [7, 11) is 0. The maximum atomic E-state index is 12.3. The molecule has 0 bridgehead atoms. The van der Waals surface area contributed by atoms with Crippen molar-refractivity contribution in [2.24, 2.45) is 5.73 Å². The zero-order valence-corrected chi connectivity index (χ0v) is 8.76. The molecule has 3 nitrogen and oxygen atoms in total. The van der Waals surface area contributed by atoms with Crippen molar-refractivity contribution >= 4 is 0 Å². The molecule has 6 heteroatoms. The highest BCUT2D eigenvalue weighted by Crippen LogP contribution is 2.20. The molecule has 0 amide bonds. The summed E-state index contributed by atoms with van der Waals surface area (Å²) in [6, 6.07) is -0.536. The van der Waals surface area contributed by atoms with Gasteiger partial charge in [0.2, 0.25) is 0 Å². The molecule has 0 aliphatic carbocycles. The monoisotopic (exact) mass is 226 g/mol. The van der Waals surface area contributed by atoms with Crippen LogP contribution in [0.25, 0.3) is 0 Å². The number of halogens is 3. The molecule has 2 unspecified atom stereocenters. The Morgan fingerprint density at radius 1 is 1.47 bits per heavy atom. The zero-order chi connectivity index (χ0) is 11.5. The molecule has 0 aromatic carbocycles. The van der Waals surface area contributed by atoms with Crippen LogP contribution in [0.5, 0.6) is 0 Å². The topological polar surface area (TPSA) is 38.5 Å². The summed E-state index contributed by atoms with van der Waals surface area (Å²) in [5.41, 5.74) is 5.79. The van der Waals surface area contributed by atoms with Gasteiger partial charge in [-0.2, -0.15) is 13.2 Å². The largest absolute Gasteiger partial charge is 0.401 e. The van der Waals surface area contributed by atoms with Gasteiger partial charge in [-0.3, -0.25) is 4.90 Å². The van der Waals surface area contributed by atoms with Crippen LogP contribution in [-0.2, 0) is 4.74 Å². The van der Waals surface area contributed by atoms with Crippen LogP contribution < -0.4 is 5.73 Å². The lowest BCUT2D eigenvalue weighted by Crippen LogP contribution is -2.55. The van der Waals surface area contributed by atoms with Crippen molar-refractivity contribution in [1.82, 2.24) is 4.90 Å². The fourth-order valence-electron chi connectivity index (χ4n) is 1.81. The normalized spacial score (nSPS) is 28.4. The van der Waals surface area contributed by atoms with Gasteiger partial charge in [-0.25, -0.2) is 0 Å². The van der Waals surface area contributed by atoms with Gasteiger partial charge in [-0.1, -0.05) is 6.92 Å². The highest BCUT2D eigenvalue weighted by atomic mass is 19.4. The molecule has 1 rings (SSSR count). The fraction of sp³-hybridized carbons (Fsp3) is 1.00. The highest BCUT2D eigenvalue weighted by Gasteiger charge is 2.36. The molecule has 1 heterocycles. The second-order valence-electron chi connectivity index (χ2n) is 3.77. The van der Waals surface area contributed by atoms with Gasteiger partial charge in [0.05, 0.1) is 13.2 Å². The van der Waals surface area contributed by atoms with E-state index in [4.69, 9.17) is 10.5 Å². The highest BCUT2D eigenvalue weighted by molar-refractivity contribution is 4.85. The number of hydrogen-bond donors (Lipinski definition) is 1. The third kappa shape index (κ3) is 3.96. The van der Waals surface area contributed by atoms with E-state index in [1.807, 2.05) is 0 Å². The standard InChI is InChI=1S/C9H17F3N2O/c1-2-14(6-9(10,11)12)8-5-15-4-3-7(8)13/h7-8H,2-6,13H2,1H3. The second-order valence-corrected chi connectivity index (χ2v) is 3.77. The number of ether oxygens (including phenoxy) is 1. The Morgan fingerprint density at radius 2 is 2.13 bits per heavy atom. The van der Waals surface area contributed by atoms with Crippen LogP contribution in [-0.4, -0.2) is 49.5 Å². The minimum absolute atomic E-state index is 0.221. The van der Waals surface area contributed by atoms with E-state index in [9.17, 15) is 13.2 Å². The lowest BCUT2D eigenvalue weighted by molar-refractivity contribution is -0.156. The van der Waals surface area contributed by atoms with Gasteiger partial charge in [0.15, 0.2) is 0 Å². The minimum atomic E-state index is -4.17. The molecular weight excluding hydrogens is 209 g/mol. The van der Waals surface area contributed by atoms with Crippen LogP contribution in [0, 0.1) is 0 Å². The molecule has 0 spiro atoms. The number of nitrogens with zero attached hydrogens (tertiary/aromatic N) is 1. The lowest BCUT2D eigenvalue weighted by Gasteiger charge is -2.37. The van der Waals surface area contributed by atoms with Crippen molar-refractivity contribution in [1.29, 1.82) is 0 Å². The van der Waals surface area contributed by atoms with E-state index in [-0.39, 0.29) is 12.1 Å². The van der Waals surface area contributed by atoms with Crippen LogP contribution in [0.3, 0.4) is 0 Å². The van der Waals surface area contributed by atoms with Gasteiger partial charge in [-0.05, 0) is 13.0 Å². The van der Waals surface area contributed by atoms with Crippen LogP contribution in [0.4, 0.5) is 13.2 Å². The maximum Gasteiger partial charge on any atom is 0.401 e. The van der Waals surface area contributed by atoms with Gasteiger partial charge in [0.1, 0.15) is 0 Å². The van der Waals surface area contributed by atoms with E-state index in [0.29, 0.717) is 26.2 Å². The lowest BCUT2D eigenvalue weighted by atomic mass is 10.0. The third-order valence-electron chi connectivity index (χ3n) is 2.64. The molecule has 0 saturated carbocycles. The van der Waals surface area contributed by atoms with Crippen molar-refractivity contribution < 1.29 is 17.9 Å². The summed E-state index contributed by atoms with van der Waals surface area (Å²) in [5, 5.41) is 0. The molecule has 0 aromatic heterocycles. The molecule has 0 radical (unpaired) electrons. The number of rotatable bonds is 3. The molecular formula is C9H17F3N2O. The maximum absolute atomic E-state index is 12.3. The predicted octanol–water partition coefficient (Wildman–Crippen LogP) is 0.987. The summed E-state index contributed by atoms with van der Waals surface area (Å²) in [4.78, 5) is 1.34. The predicted molar refractivity (Wildman–Crippen MR) is 50.5 cm³/mol. The number of nitrogens with two attached hydrogens (primary N) is 1. The van der Waals surface area contributed by atoms with E-state index in [1.54, 1.807) is 6.92 Å². The Morgan fingerprint density at radius 3 is 2.60 bits per heavy atom. The van der Waals surface area contributed by atoms with Gasteiger partial charge in [0, 0.05) is 18.7 Å². The Hall–Kier alpha value is -0.330. The van der Waals surface area contributed by atoms with Gasteiger partial charge >= 0.3 is 6.18 Å². The van der Waals surface area contributed by atoms with E-state index in [2.05, 4.69) is 0 Å². The summed E-state index contributed by atoms with van der Waals surface area (Å²) < 4.78 is 41.9. The van der Waals surface area contributed by atoms with Crippen molar-refractivity contribution in [2.45, 2.75) is 31.6 Å². The van der Waals surface area contributed by atoms with E-state index in [0.717, 1.165) is 0 Å². The first-order chi connectivity index (χ1) is 6.94. The Balaban J connectivity index is 2.56. The van der Waals surface area contributed by atoms with Crippen molar-refractivity contribution in [3.05, 3.63) is 0 Å². The Bertz CT molecular complexity index is 198. The quantitative estimate of drug-likeness (QED) is 0.779. The van der Waals surface area contributed by atoms with Gasteiger partial charge in [0.25, 0.3) is 0 Å². The Kier molecular flexibility index (Phi) is 4.36. The molecule has 15 heavy (non-hydrogen) atoms. The molecule has 2 atom stereocenters. The fourth-order valence-corrected chi connectivity index (χ4v) is 1.81. The first kappa shape index (κ1) is 12.7. The molecule has 1 fully saturated rings. The second kappa shape index (κ2) is 5.14. The summed E-state index contributed by atoms with van der Waals surface area (Å²) in [6.45, 7) is 1.96. The van der Waals surface area contributed by atoms with Crippen LogP contribution in [0.15, 0.2) is 0 Å². The molecule has 90 valence electrons. The average molecular weight is 226 g/mol. The number of alkyl halides is 3. The first-order valence-corrected chi connectivity index (χ1v) is 5.08. The van der Waals surface area contributed by atoms with Gasteiger partial charge in [-0.15, -0.1) is 0 Å². The number of hydrogen-bond acceptors (Lipinski definition) is 3. The van der Waals surface area contributed by atoms with E-state index < -0.39 is 12.7 Å².